The molecule has 2 fully saturated rings. The molecule has 0 spiro atoms. The van der Waals surface area contributed by atoms with E-state index in [1.807, 2.05) is 31.1 Å². The molecule has 2 aliphatic rings. The summed E-state index contributed by atoms with van der Waals surface area (Å²) in [6.45, 7) is 1.26. The number of pyridine rings is 1. The molecular formula is C21H32N4O2. The highest BCUT2D eigenvalue weighted by atomic mass is 16.2. The van der Waals surface area contributed by atoms with Gasteiger partial charge in [0.1, 0.15) is 0 Å². The van der Waals surface area contributed by atoms with Gasteiger partial charge in [-0.2, -0.15) is 0 Å². The van der Waals surface area contributed by atoms with Crippen molar-refractivity contribution in [2.45, 2.75) is 63.6 Å². The van der Waals surface area contributed by atoms with Crippen LogP contribution in [0.25, 0.3) is 0 Å². The second-order valence-electron chi connectivity index (χ2n) is 8.15. The van der Waals surface area contributed by atoms with Gasteiger partial charge in [0, 0.05) is 64.0 Å². The molecular weight excluding hydrogens is 340 g/mol. The summed E-state index contributed by atoms with van der Waals surface area (Å²) < 4.78 is 0. The van der Waals surface area contributed by atoms with Crippen molar-refractivity contribution >= 4 is 11.8 Å². The monoisotopic (exact) mass is 372 g/mol. The molecule has 148 valence electrons. The molecule has 0 radical (unpaired) electrons. The summed E-state index contributed by atoms with van der Waals surface area (Å²) >= 11 is 0. The lowest BCUT2D eigenvalue weighted by atomic mass is 9.91. The Morgan fingerprint density at radius 3 is 2.67 bits per heavy atom. The van der Waals surface area contributed by atoms with Crippen molar-refractivity contribution < 1.29 is 9.59 Å². The minimum absolute atomic E-state index is 0.0611. The molecule has 1 N–H and O–H groups in total. The molecule has 6 heteroatoms. The molecule has 2 heterocycles. The number of rotatable bonds is 5. The number of hydrogen-bond acceptors (Lipinski definition) is 4. The van der Waals surface area contributed by atoms with Gasteiger partial charge in [0.25, 0.3) is 0 Å². The van der Waals surface area contributed by atoms with Crippen LogP contribution >= 0.6 is 0 Å². The van der Waals surface area contributed by atoms with Gasteiger partial charge in [-0.3, -0.25) is 14.6 Å². The number of nitrogens with one attached hydrogen (secondary N) is 1. The Morgan fingerprint density at radius 1 is 1.26 bits per heavy atom. The van der Waals surface area contributed by atoms with Crippen molar-refractivity contribution in [1.82, 2.24) is 20.1 Å². The molecule has 0 bridgehead atoms. The summed E-state index contributed by atoms with van der Waals surface area (Å²) in [4.78, 5) is 33.3. The molecule has 27 heavy (non-hydrogen) atoms. The summed E-state index contributed by atoms with van der Waals surface area (Å²) in [5.74, 6) is -0.0967. The van der Waals surface area contributed by atoms with Crippen molar-refractivity contribution in [3.8, 4) is 0 Å². The van der Waals surface area contributed by atoms with E-state index in [1.165, 1.54) is 19.3 Å². The minimum atomic E-state index is -0.232. The Hall–Kier alpha value is -1.95. The Labute approximate surface area is 162 Å². The zero-order chi connectivity index (χ0) is 19.2. The van der Waals surface area contributed by atoms with Gasteiger partial charge >= 0.3 is 0 Å². The maximum absolute atomic E-state index is 13.0. The maximum atomic E-state index is 13.0. The molecule has 1 aliphatic heterocycles. The Morgan fingerprint density at radius 2 is 2.00 bits per heavy atom. The van der Waals surface area contributed by atoms with Crippen LogP contribution in [0.15, 0.2) is 24.5 Å². The highest BCUT2D eigenvalue weighted by Gasteiger charge is 2.30. The third kappa shape index (κ3) is 5.51. The summed E-state index contributed by atoms with van der Waals surface area (Å²) in [5, 5.41) is 3.71. The van der Waals surface area contributed by atoms with E-state index in [2.05, 4.69) is 10.3 Å². The standard InChI is InChI=1S/C21H32N4O2/c1-24-15-19(23-18-8-4-9-18)10-3-7-17(12-20(24)26)21(27)25(2)14-16-6-5-11-22-13-16/h5-6,11,13,17-19,23H,3-4,7-10,12,14-15H2,1-2H3/t17-,19-/m1/s1. The van der Waals surface area contributed by atoms with Gasteiger partial charge in [-0.1, -0.05) is 18.9 Å². The van der Waals surface area contributed by atoms with Crippen LogP contribution in [0, 0.1) is 5.92 Å². The highest BCUT2D eigenvalue weighted by molar-refractivity contribution is 5.85. The lowest BCUT2D eigenvalue weighted by Crippen LogP contribution is -2.48. The van der Waals surface area contributed by atoms with Gasteiger partial charge in [0.05, 0.1) is 0 Å². The quantitative estimate of drug-likeness (QED) is 0.861. The molecule has 2 atom stereocenters. The van der Waals surface area contributed by atoms with Crippen molar-refractivity contribution in [2.75, 3.05) is 20.6 Å². The Bertz CT molecular complexity index is 632. The van der Waals surface area contributed by atoms with Crippen LogP contribution in [0.1, 0.15) is 50.5 Å². The largest absolute Gasteiger partial charge is 0.344 e. The lowest BCUT2D eigenvalue weighted by molar-refractivity contribution is -0.140. The van der Waals surface area contributed by atoms with Gasteiger partial charge in [-0.05, 0) is 37.3 Å². The van der Waals surface area contributed by atoms with E-state index in [1.54, 1.807) is 17.3 Å². The molecule has 1 saturated heterocycles. The number of carbonyl (C=O) groups excluding carboxylic acids is 2. The fourth-order valence-electron chi connectivity index (χ4n) is 4.01. The van der Waals surface area contributed by atoms with Crippen LogP contribution in [0.4, 0.5) is 0 Å². The minimum Gasteiger partial charge on any atom is -0.344 e. The molecule has 1 aromatic heterocycles. The molecule has 3 rings (SSSR count). The molecule has 1 saturated carbocycles. The number of hydrogen-bond donors (Lipinski definition) is 1. The van der Waals surface area contributed by atoms with Crippen LogP contribution < -0.4 is 5.32 Å². The van der Waals surface area contributed by atoms with Gasteiger partial charge in [0.2, 0.25) is 11.8 Å². The number of nitrogens with zero attached hydrogens (tertiary/aromatic N) is 3. The van der Waals surface area contributed by atoms with Crippen LogP contribution in [0.5, 0.6) is 0 Å². The molecule has 6 nitrogen and oxygen atoms in total. The first-order valence-corrected chi connectivity index (χ1v) is 10.2. The van der Waals surface area contributed by atoms with E-state index in [0.717, 1.165) is 31.4 Å². The first kappa shape index (κ1) is 19.8. The SMILES string of the molecule is CN1C[C@H](NC2CCC2)CCC[C@@H](C(=O)N(C)Cc2cccnc2)CC1=O. The van der Waals surface area contributed by atoms with E-state index >= 15 is 0 Å². The first-order valence-electron chi connectivity index (χ1n) is 10.2. The van der Waals surface area contributed by atoms with Gasteiger partial charge in [-0.25, -0.2) is 0 Å². The maximum Gasteiger partial charge on any atom is 0.226 e. The normalized spacial score (nSPS) is 24.5. The van der Waals surface area contributed by atoms with E-state index < -0.39 is 0 Å². The lowest BCUT2D eigenvalue weighted by Gasteiger charge is -2.33. The van der Waals surface area contributed by atoms with Gasteiger partial charge < -0.3 is 15.1 Å². The van der Waals surface area contributed by atoms with Crippen LogP contribution in [-0.2, 0) is 16.1 Å². The van der Waals surface area contributed by atoms with Crippen LogP contribution in [0.2, 0.25) is 0 Å². The third-order valence-electron chi connectivity index (χ3n) is 5.89. The zero-order valence-electron chi connectivity index (χ0n) is 16.6. The van der Waals surface area contributed by atoms with E-state index in [-0.39, 0.29) is 17.7 Å². The molecule has 0 unspecified atom stereocenters. The van der Waals surface area contributed by atoms with Gasteiger partial charge in [-0.15, -0.1) is 0 Å². The van der Waals surface area contributed by atoms with E-state index in [9.17, 15) is 9.59 Å². The number of amides is 2. The zero-order valence-corrected chi connectivity index (χ0v) is 16.6. The number of aromatic nitrogens is 1. The third-order valence-corrected chi connectivity index (χ3v) is 5.89. The second kappa shape index (κ2) is 9.31. The van der Waals surface area contributed by atoms with Gasteiger partial charge in [0.15, 0.2) is 0 Å². The van der Waals surface area contributed by atoms with Crippen molar-refractivity contribution in [3.05, 3.63) is 30.1 Å². The van der Waals surface area contributed by atoms with E-state index in [4.69, 9.17) is 0 Å². The highest BCUT2D eigenvalue weighted by Crippen LogP contribution is 2.23. The Balaban J connectivity index is 1.59. The topological polar surface area (TPSA) is 65.5 Å². The van der Waals surface area contributed by atoms with Crippen LogP contribution in [0.3, 0.4) is 0 Å². The van der Waals surface area contributed by atoms with Crippen molar-refractivity contribution in [1.29, 1.82) is 0 Å². The molecule has 1 aromatic rings. The average molecular weight is 373 g/mol. The predicted molar refractivity (Wildman–Crippen MR) is 105 cm³/mol. The summed E-state index contributed by atoms with van der Waals surface area (Å²) in [6, 6.07) is 4.80. The molecule has 0 aromatic carbocycles. The molecule has 2 amide bonds. The number of likely N-dealkylation sites (N-methyl/N-ethyl adjacent to an activating group) is 1. The fraction of sp³-hybridized carbons (Fsp3) is 0.667. The van der Waals surface area contributed by atoms with Crippen LogP contribution in [-0.4, -0.2) is 59.3 Å². The van der Waals surface area contributed by atoms with Crippen molar-refractivity contribution in [2.24, 2.45) is 5.92 Å². The number of carbonyl (C=O) groups is 2. The summed E-state index contributed by atoms with van der Waals surface area (Å²) in [6.07, 6.45) is 10.4. The summed E-state index contributed by atoms with van der Waals surface area (Å²) in [5.41, 5.74) is 1.00. The van der Waals surface area contributed by atoms with Crippen molar-refractivity contribution in [3.63, 3.8) is 0 Å². The second-order valence-corrected chi connectivity index (χ2v) is 8.15. The van der Waals surface area contributed by atoms with E-state index in [0.29, 0.717) is 25.0 Å². The fourth-order valence-corrected chi connectivity index (χ4v) is 4.01. The first-order chi connectivity index (χ1) is 13.0. The predicted octanol–water partition coefficient (Wildman–Crippen LogP) is 2.20. The summed E-state index contributed by atoms with van der Waals surface area (Å²) in [7, 11) is 3.68. The Kier molecular flexibility index (Phi) is 6.83. The average Bonchev–Trinajstić information content (AvgIpc) is 2.69. The smallest absolute Gasteiger partial charge is 0.226 e. The molecule has 1 aliphatic carbocycles.